The van der Waals surface area contributed by atoms with Crippen molar-refractivity contribution in [2.45, 2.75) is 49.7 Å². The predicted molar refractivity (Wildman–Crippen MR) is 103 cm³/mol. The standard InChI is InChI=1S/C18H24ClN3O3S/c1-17(2,3)14-11-15(22(6)21-14)20-16(23)18(4,5)26(24,25)13-9-7-12(19)8-10-13/h7-11H,1-6H3,(H,20,23). The highest BCUT2D eigenvalue weighted by atomic mass is 35.5. The zero-order chi connectivity index (χ0) is 19.9. The Labute approximate surface area is 159 Å². The smallest absolute Gasteiger partial charge is 0.246 e. The third-order valence-electron chi connectivity index (χ3n) is 4.23. The number of carbonyl (C=O) groups is 1. The Bertz CT molecular complexity index is 924. The summed E-state index contributed by atoms with van der Waals surface area (Å²) in [5.41, 5.74) is 0.611. The van der Waals surface area contributed by atoms with Crippen LogP contribution in [0.3, 0.4) is 0 Å². The molecular formula is C18H24ClN3O3S. The van der Waals surface area contributed by atoms with Crippen molar-refractivity contribution in [1.29, 1.82) is 0 Å². The van der Waals surface area contributed by atoms with E-state index in [1.165, 1.54) is 42.8 Å². The number of sulfone groups is 1. The number of rotatable bonds is 4. The molecule has 8 heteroatoms. The number of carbonyl (C=O) groups excluding carboxylic acids is 1. The average molecular weight is 398 g/mol. The molecule has 0 bridgehead atoms. The van der Waals surface area contributed by atoms with E-state index in [1.54, 1.807) is 13.1 Å². The molecule has 26 heavy (non-hydrogen) atoms. The molecule has 0 saturated heterocycles. The first-order valence-electron chi connectivity index (χ1n) is 8.13. The lowest BCUT2D eigenvalue weighted by atomic mass is 9.92. The summed E-state index contributed by atoms with van der Waals surface area (Å²) in [4.78, 5) is 12.8. The number of amides is 1. The fraction of sp³-hybridized carbons (Fsp3) is 0.444. The van der Waals surface area contributed by atoms with Gasteiger partial charge >= 0.3 is 0 Å². The highest BCUT2D eigenvalue weighted by Gasteiger charge is 2.43. The summed E-state index contributed by atoms with van der Waals surface area (Å²) in [5, 5.41) is 7.50. The fourth-order valence-electron chi connectivity index (χ4n) is 2.25. The number of aryl methyl sites for hydroxylation is 1. The second-order valence-electron chi connectivity index (χ2n) is 7.71. The van der Waals surface area contributed by atoms with Gasteiger partial charge in [-0.1, -0.05) is 32.4 Å². The van der Waals surface area contributed by atoms with Gasteiger partial charge < -0.3 is 5.32 Å². The molecule has 0 aliphatic rings. The summed E-state index contributed by atoms with van der Waals surface area (Å²) >= 11 is 5.82. The van der Waals surface area contributed by atoms with Gasteiger partial charge in [0, 0.05) is 23.6 Å². The van der Waals surface area contributed by atoms with E-state index >= 15 is 0 Å². The molecule has 0 radical (unpaired) electrons. The van der Waals surface area contributed by atoms with Gasteiger partial charge in [-0.15, -0.1) is 0 Å². The van der Waals surface area contributed by atoms with Crippen LogP contribution in [0.2, 0.25) is 5.02 Å². The Morgan fingerprint density at radius 2 is 1.65 bits per heavy atom. The van der Waals surface area contributed by atoms with E-state index in [0.717, 1.165) is 5.69 Å². The molecule has 0 spiro atoms. The minimum absolute atomic E-state index is 0.0439. The van der Waals surface area contributed by atoms with Crippen molar-refractivity contribution < 1.29 is 13.2 Å². The summed E-state index contributed by atoms with van der Waals surface area (Å²) in [7, 11) is -2.21. The molecule has 0 unspecified atom stereocenters. The maximum atomic E-state index is 12.9. The number of benzene rings is 1. The number of hydrogen-bond acceptors (Lipinski definition) is 4. The molecule has 1 heterocycles. The van der Waals surface area contributed by atoms with E-state index < -0.39 is 20.5 Å². The summed E-state index contributed by atoms with van der Waals surface area (Å²) < 4.78 is 25.7. The molecule has 0 atom stereocenters. The van der Waals surface area contributed by atoms with E-state index in [2.05, 4.69) is 10.4 Å². The van der Waals surface area contributed by atoms with Crippen LogP contribution in [0.4, 0.5) is 5.82 Å². The van der Waals surface area contributed by atoms with Crippen LogP contribution in [0.5, 0.6) is 0 Å². The fourth-order valence-corrected chi connectivity index (χ4v) is 3.75. The Balaban J connectivity index is 2.33. The molecule has 6 nitrogen and oxygen atoms in total. The molecule has 1 amide bonds. The molecule has 1 N–H and O–H groups in total. The molecular weight excluding hydrogens is 374 g/mol. The minimum atomic E-state index is -3.91. The highest BCUT2D eigenvalue weighted by molar-refractivity contribution is 7.93. The van der Waals surface area contributed by atoms with E-state index in [4.69, 9.17) is 11.6 Å². The Morgan fingerprint density at radius 1 is 1.12 bits per heavy atom. The average Bonchev–Trinajstić information content (AvgIpc) is 2.88. The molecule has 1 aromatic heterocycles. The maximum absolute atomic E-state index is 12.9. The lowest BCUT2D eigenvalue weighted by Crippen LogP contribution is -2.44. The van der Waals surface area contributed by atoms with E-state index in [1.807, 2.05) is 20.8 Å². The van der Waals surface area contributed by atoms with Crippen LogP contribution < -0.4 is 5.32 Å². The van der Waals surface area contributed by atoms with Gasteiger partial charge in [0.05, 0.1) is 10.6 Å². The molecule has 2 aromatic rings. The number of hydrogen-bond donors (Lipinski definition) is 1. The van der Waals surface area contributed by atoms with Crippen LogP contribution in [0.1, 0.15) is 40.3 Å². The normalized spacial score (nSPS) is 12.9. The lowest BCUT2D eigenvalue weighted by molar-refractivity contribution is -0.117. The van der Waals surface area contributed by atoms with Crippen LogP contribution in [-0.2, 0) is 27.1 Å². The maximum Gasteiger partial charge on any atom is 0.246 e. The molecule has 0 saturated carbocycles. The topological polar surface area (TPSA) is 81.1 Å². The van der Waals surface area contributed by atoms with Crippen LogP contribution >= 0.6 is 11.6 Å². The Hall–Kier alpha value is -1.86. The van der Waals surface area contributed by atoms with Gasteiger partial charge in [0.25, 0.3) is 0 Å². The first kappa shape index (κ1) is 20.5. The first-order valence-corrected chi connectivity index (χ1v) is 9.99. The zero-order valence-electron chi connectivity index (χ0n) is 15.8. The third kappa shape index (κ3) is 3.78. The number of halogens is 1. The van der Waals surface area contributed by atoms with Gasteiger partial charge in [-0.3, -0.25) is 9.48 Å². The van der Waals surface area contributed by atoms with Gasteiger partial charge in [-0.25, -0.2) is 8.42 Å². The lowest BCUT2D eigenvalue weighted by Gasteiger charge is -2.23. The van der Waals surface area contributed by atoms with E-state index in [9.17, 15) is 13.2 Å². The number of nitrogens with zero attached hydrogens (tertiary/aromatic N) is 2. The summed E-state index contributed by atoms with van der Waals surface area (Å²) in [5.74, 6) is -0.185. The molecule has 142 valence electrons. The quantitative estimate of drug-likeness (QED) is 0.855. The van der Waals surface area contributed by atoms with Crippen molar-refractivity contribution >= 4 is 33.2 Å². The van der Waals surface area contributed by atoms with E-state index in [-0.39, 0.29) is 10.3 Å². The molecule has 0 aliphatic carbocycles. The Morgan fingerprint density at radius 3 is 2.12 bits per heavy atom. The van der Waals surface area contributed by atoms with Crippen LogP contribution in [0.25, 0.3) is 0 Å². The summed E-state index contributed by atoms with van der Waals surface area (Å²) in [6.07, 6.45) is 0. The molecule has 1 aromatic carbocycles. The van der Waals surface area contributed by atoms with Gasteiger partial charge in [-0.05, 0) is 38.1 Å². The van der Waals surface area contributed by atoms with Gasteiger partial charge in [-0.2, -0.15) is 5.10 Å². The summed E-state index contributed by atoms with van der Waals surface area (Å²) in [6.45, 7) is 8.79. The minimum Gasteiger partial charge on any atom is -0.310 e. The van der Waals surface area contributed by atoms with Crippen molar-refractivity contribution in [3.05, 3.63) is 41.0 Å². The molecule has 2 rings (SSSR count). The van der Waals surface area contributed by atoms with Crippen molar-refractivity contribution in [2.24, 2.45) is 7.05 Å². The predicted octanol–water partition coefficient (Wildman–Crippen LogP) is 3.56. The van der Waals surface area contributed by atoms with Crippen molar-refractivity contribution in [3.8, 4) is 0 Å². The number of anilines is 1. The molecule has 0 fully saturated rings. The van der Waals surface area contributed by atoms with Crippen molar-refractivity contribution in [2.75, 3.05) is 5.32 Å². The zero-order valence-corrected chi connectivity index (χ0v) is 17.4. The SMILES string of the molecule is Cn1nc(C(C)(C)C)cc1NC(=O)C(C)(C)S(=O)(=O)c1ccc(Cl)cc1. The number of nitrogens with one attached hydrogen (secondary N) is 1. The van der Waals surface area contributed by atoms with Crippen molar-refractivity contribution in [3.63, 3.8) is 0 Å². The van der Waals surface area contributed by atoms with Crippen molar-refractivity contribution in [1.82, 2.24) is 9.78 Å². The van der Waals surface area contributed by atoms with Gasteiger partial charge in [0.1, 0.15) is 10.6 Å². The second kappa shape index (κ2) is 6.70. The monoisotopic (exact) mass is 397 g/mol. The van der Waals surface area contributed by atoms with Gasteiger partial charge in [0.2, 0.25) is 5.91 Å². The molecule has 0 aliphatic heterocycles. The highest BCUT2D eigenvalue weighted by Crippen LogP contribution is 2.29. The Kier molecular flexibility index (Phi) is 5.27. The van der Waals surface area contributed by atoms with Gasteiger partial charge in [0.15, 0.2) is 9.84 Å². The third-order valence-corrected chi connectivity index (χ3v) is 6.91. The van der Waals surface area contributed by atoms with Crippen LogP contribution in [0, 0.1) is 0 Å². The van der Waals surface area contributed by atoms with E-state index in [0.29, 0.717) is 10.8 Å². The summed E-state index contributed by atoms with van der Waals surface area (Å²) in [6, 6.07) is 7.52. The van der Waals surface area contributed by atoms with Crippen LogP contribution in [-0.4, -0.2) is 28.9 Å². The number of aromatic nitrogens is 2. The first-order chi connectivity index (χ1) is 11.8. The second-order valence-corrected chi connectivity index (χ2v) is 10.6. The van der Waals surface area contributed by atoms with Crippen LogP contribution in [0.15, 0.2) is 35.2 Å². The largest absolute Gasteiger partial charge is 0.310 e.